The third kappa shape index (κ3) is 5.06. The summed E-state index contributed by atoms with van der Waals surface area (Å²) >= 11 is 0. The molecule has 1 aliphatic rings. The number of anilines is 2. The minimum absolute atomic E-state index is 0.0661. The number of aryl methyl sites for hydroxylation is 1. The maximum absolute atomic E-state index is 12.8. The van der Waals surface area contributed by atoms with Crippen LogP contribution < -0.4 is 10.2 Å². The number of alkyl halides is 3. The lowest BCUT2D eigenvalue weighted by atomic mass is 10.2. The van der Waals surface area contributed by atoms with E-state index in [0.717, 1.165) is 30.5 Å². The van der Waals surface area contributed by atoms with Crippen LogP contribution in [-0.2, 0) is 17.5 Å². The lowest BCUT2D eigenvalue weighted by Crippen LogP contribution is -2.45. The maximum atomic E-state index is 12.8. The summed E-state index contributed by atoms with van der Waals surface area (Å²) in [6, 6.07) is 4.72. The first-order chi connectivity index (χ1) is 12.7. The second kappa shape index (κ2) is 7.67. The highest BCUT2D eigenvalue weighted by Crippen LogP contribution is 2.29. The highest BCUT2D eigenvalue weighted by atomic mass is 19.4. The van der Waals surface area contributed by atoms with Gasteiger partial charge >= 0.3 is 6.18 Å². The van der Waals surface area contributed by atoms with Crippen LogP contribution in [0.5, 0.6) is 0 Å². The summed E-state index contributed by atoms with van der Waals surface area (Å²) in [5, 5.41) is 2.90. The number of ether oxygens (including phenoxy) is 1. The molecule has 0 aliphatic carbocycles. The third-order valence-corrected chi connectivity index (χ3v) is 4.15. The van der Waals surface area contributed by atoms with E-state index in [1.165, 1.54) is 6.92 Å². The Morgan fingerprint density at radius 1 is 1.19 bits per heavy atom. The number of halogens is 3. The van der Waals surface area contributed by atoms with E-state index in [-0.39, 0.29) is 23.9 Å². The molecular weight excluding hydrogens is 359 g/mol. The van der Waals surface area contributed by atoms with Crippen molar-refractivity contribution < 1.29 is 17.9 Å². The Labute approximate surface area is 155 Å². The van der Waals surface area contributed by atoms with Gasteiger partial charge in [0.15, 0.2) is 0 Å². The summed E-state index contributed by atoms with van der Waals surface area (Å²) in [7, 11) is 0. The molecule has 0 spiro atoms. The molecule has 0 saturated carbocycles. The Balaban J connectivity index is 1.65. The van der Waals surface area contributed by atoms with Gasteiger partial charge in [-0.2, -0.15) is 13.2 Å². The Kier molecular flexibility index (Phi) is 5.50. The minimum Gasteiger partial charge on any atom is -0.372 e. The molecule has 2 unspecified atom stereocenters. The van der Waals surface area contributed by atoms with Crippen molar-refractivity contribution in [1.29, 1.82) is 0 Å². The molecule has 2 aromatic rings. The van der Waals surface area contributed by atoms with Gasteiger partial charge in [-0.25, -0.2) is 15.0 Å². The van der Waals surface area contributed by atoms with Crippen molar-refractivity contribution in [2.75, 3.05) is 23.3 Å². The van der Waals surface area contributed by atoms with Crippen LogP contribution in [0.4, 0.5) is 24.8 Å². The van der Waals surface area contributed by atoms with Crippen LogP contribution >= 0.6 is 0 Å². The summed E-state index contributed by atoms with van der Waals surface area (Å²) in [6.07, 6.45) is -2.51. The van der Waals surface area contributed by atoms with Crippen molar-refractivity contribution in [3.63, 3.8) is 0 Å². The van der Waals surface area contributed by atoms with Gasteiger partial charge in [0, 0.05) is 31.9 Å². The zero-order chi connectivity index (χ0) is 19.6. The van der Waals surface area contributed by atoms with Gasteiger partial charge in [-0.05, 0) is 32.4 Å². The van der Waals surface area contributed by atoms with Crippen LogP contribution in [0.3, 0.4) is 0 Å². The number of nitrogens with one attached hydrogen (secondary N) is 1. The molecule has 0 aromatic carbocycles. The predicted molar refractivity (Wildman–Crippen MR) is 95.6 cm³/mol. The molecule has 3 heterocycles. The third-order valence-electron chi connectivity index (χ3n) is 4.15. The van der Waals surface area contributed by atoms with Crippen LogP contribution in [0.15, 0.2) is 24.4 Å². The van der Waals surface area contributed by atoms with Crippen molar-refractivity contribution in [2.45, 2.75) is 45.7 Å². The van der Waals surface area contributed by atoms with Gasteiger partial charge in [0.25, 0.3) is 0 Å². The molecule has 0 bridgehead atoms. The number of rotatable bonds is 4. The number of morpholine rings is 1. The van der Waals surface area contributed by atoms with E-state index in [2.05, 4.69) is 25.2 Å². The van der Waals surface area contributed by atoms with E-state index in [0.29, 0.717) is 6.54 Å². The van der Waals surface area contributed by atoms with E-state index >= 15 is 0 Å². The summed E-state index contributed by atoms with van der Waals surface area (Å²) < 4.78 is 44.3. The summed E-state index contributed by atoms with van der Waals surface area (Å²) in [4.78, 5) is 14.1. The molecule has 1 fully saturated rings. The van der Waals surface area contributed by atoms with E-state index in [9.17, 15) is 13.2 Å². The summed E-state index contributed by atoms with van der Waals surface area (Å²) in [5.41, 5.74) is -0.112. The van der Waals surface area contributed by atoms with Crippen molar-refractivity contribution in [3.8, 4) is 0 Å². The van der Waals surface area contributed by atoms with Crippen LogP contribution in [-0.4, -0.2) is 40.2 Å². The average Bonchev–Trinajstić information content (AvgIpc) is 2.58. The Hall–Kier alpha value is -2.42. The zero-order valence-corrected chi connectivity index (χ0v) is 15.4. The monoisotopic (exact) mass is 381 g/mol. The van der Waals surface area contributed by atoms with Crippen molar-refractivity contribution in [3.05, 3.63) is 41.5 Å². The first-order valence-electron chi connectivity index (χ1n) is 8.73. The first kappa shape index (κ1) is 19.3. The Morgan fingerprint density at radius 3 is 2.48 bits per heavy atom. The Bertz CT molecular complexity index is 772. The first-order valence-corrected chi connectivity index (χ1v) is 8.73. The normalized spacial score (nSPS) is 20.6. The maximum Gasteiger partial charge on any atom is 0.433 e. The largest absolute Gasteiger partial charge is 0.433 e. The van der Waals surface area contributed by atoms with Gasteiger partial charge in [-0.3, -0.25) is 0 Å². The molecule has 0 radical (unpaired) electrons. The Morgan fingerprint density at radius 2 is 1.89 bits per heavy atom. The van der Waals surface area contributed by atoms with E-state index in [1.807, 2.05) is 26.0 Å². The van der Waals surface area contributed by atoms with Crippen molar-refractivity contribution >= 4 is 11.6 Å². The molecule has 9 heteroatoms. The molecule has 27 heavy (non-hydrogen) atoms. The SMILES string of the molecule is Cc1nc(NCc2ccc(N3CC(C)OC(C)C3)nc2)cc(C(F)(F)F)n1. The lowest BCUT2D eigenvalue weighted by molar-refractivity contribution is -0.141. The second-order valence-corrected chi connectivity index (χ2v) is 6.72. The molecule has 3 rings (SSSR count). The van der Waals surface area contributed by atoms with E-state index in [4.69, 9.17) is 4.74 Å². The minimum atomic E-state index is -4.50. The molecule has 1 N–H and O–H groups in total. The molecular formula is C18H22F3N5O. The van der Waals surface area contributed by atoms with E-state index < -0.39 is 11.9 Å². The number of nitrogens with zero attached hydrogens (tertiary/aromatic N) is 4. The fourth-order valence-corrected chi connectivity index (χ4v) is 3.07. The summed E-state index contributed by atoms with van der Waals surface area (Å²) in [5.74, 6) is 1.06. The van der Waals surface area contributed by atoms with Crippen molar-refractivity contribution in [1.82, 2.24) is 15.0 Å². The lowest BCUT2D eigenvalue weighted by Gasteiger charge is -2.36. The molecule has 0 amide bonds. The predicted octanol–water partition coefficient (Wildman–Crippen LogP) is 3.42. The van der Waals surface area contributed by atoms with Crippen LogP contribution in [0.1, 0.15) is 30.9 Å². The zero-order valence-electron chi connectivity index (χ0n) is 15.4. The number of hydrogen-bond donors (Lipinski definition) is 1. The number of hydrogen-bond acceptors (Lipinski definition) is 6. The van der Waals surface area contributed by atoms with Gasteiger partial charge in [0.1, 0.15) is 23.2 Å². The van der Waals surface area contributed by atoms with Crippen LogP contribution in [0.25, 0.3) is 0 Å². The fourth-order valence-electron chi connectivity index (χ4n) is 3.07. The van der Waals surface area contributed by atoms with Crippen molar-refractivity contribution in [2.24, 2.45) is 0 Å². The molecule has 6 nitrogen and oxygen atoms in total. The van der Waals surface area contributed by atoms with Crippen LogP contribution in [0.2, 0.25) is 0 Å². The van der Waals surface area contributed by atoms with Gasteiger partial charge in [-0.1, -0.05) is 6.07 Å². The molecule has 146 valence electrons. The van der Waals surface area contributed by atoms with Gasteiger partial charge in [0.2, 0.25) is 0 Å². The molecule has 2 aromatic heterocycles. The second-order valence-electron chi connectivity index (χ2n) is 6.72. The van der Waals surface area contributed by atoms with E-state index in [1.54, 1.807) is 6.20 Å². The topological polar surface area (TPSA) is 63.2 Å². The standard InChI is InChI=1S/C18H22F3N5O/c1-11-9-26(10-12(2)27-11)17-5-4-14(8-23-17)7-22-16-6-15(18(19,20)21)24-13(3)25-16/h4-6,8,11-12H,7,9-10H2,1-3H3,(H,22,24,25). The highest BCUT2D eigenvalue weighted by molar-refractivity contribution is 5.42. The van der Waals surface area contributed by atoms with Gasteiger partial charge in [-0.15, -0.1) is 0 Å². The van der Waals surface area contributed by atoms with Gasteiger partial charge < -0.3 is 15.0 Å². The fraction of sp³-hybridized carbons (Fsp3) is 0.500. The highest BCUT2D eigenvalue weighted by Gasteiger charge is 2.33. The quantitative estimate of drug-likeness (QED) is 0.876. The number of aromatic nitrogens is 3. The van der Waals surface area contributed by atoms with Gasteiger partial charge in [0.05, 0.1) is 12.2 Å². The molecule has 2 atom stereocenters. The van der Waals surface area contributed by atoms with Crippen LogP contribution in [0, 0.1) is 6.92 Å². The number of pyridine rings is 1. The summed E-state index contributed by atoms with van der Waals surface area (Å²) in [6.45, 7) is 7.35. The molecule has 1 saturated heterocycles. The molecule has 1 aliphatic heterocycles. The smallest absolute Gasteiger partial charge is 0.372 e. The average molecular weight is 381 g/mol.